The highest BCUT2D eigenvalue weighted by molar-refractivity contribution is 7.93. The zero-order chi connectivity index (χ0) is 13.9. The highest BCUT2D eigenvalue weighted by Gasteiger charge is 2.24. The van der Waals surface area contributed by atoms with Gasteiger partial charge in [0.05, 0.1) is 5.69 Å². The van der Waals surface area contributed by atoms with E-state index in [0.717, 1.165) is 0 Å². The van der Waals surface area contributed by atoms with Gasteiger partial charge in [-0.1, -0.05) is 18.2 Å². The molecule has 2 rings (SSSR count). The molecule has 3 N–H and O–H groups in total. The largest absolute Gasteiger partial charge is 0.307 e. The van der Waals surface area contributed by atoms with Crippen LogP contribution >= 0.6 is 0 Å². The fourth-order valence-corrected chi connectivity index (χ4v) is 2.93. The van der Waals surface area contributed by atoms with Gasteiger partial charge in [-0.25, -0.2) is 19.2 Å². The van der Waals surface area contributed by atoms with E-state index in [4.69, 9.17) is 5.84 Å². The van der Waals surface area contributed by atoms with Gasteiger partial charge in [-0.2, -0.15) is 0 Å². The number of hydrazine groups is 1. The summed E-state index contributed by atoms with van der Waals surface area (Å²) in [6, 6.07) is 11.8. The molecule has 0 amide bonds. The molecule has 100 valence electrons. The Bertz CT molecular complexity index is 658. The molecule has 6 nitrogen and oxygen atoms in total. The molecule has 1 heterocycles. The second kappa shape index (κ2) is 5.25. The van der Waals surface area contributed by atoms with Crippen molar-refractivity contribution >= 4 is 21.5 Å². The lowest BCUT2D eigenvalue weighted by atomic mass is 10.3. The van der Waals surface area contributed by atoms with Crippen molar-refractivity contribution in [1.29, 1.82) is 0 Å². The second-order valence-corrected chi connectivity index (χ2v) is 5.74. The Labute approximate surface area is 111 Å². The first-order valence-electron chi connectivity index (χ1n) is 5.53. The van der Waals surface area contributed by atoms with E-state index in [2.05, 4.69) is 10.4 Å². The van der Waals surface area contributed by atoms with E-state index in [9.17, 15) is 8.42 Å². The maximum atomic E-state index is 12.5. The summed E-state index contributed by atoms with van der Waals surface area (Å²) in [5.74, 6) is 5.41. The van der Waals surface area contributed by atoms with Crippen LogP contribution in [0.2, 0.25) is 0 Å². The van der Waals surface area contributed by atoms with Crippen LogP contribution < -0.4 is 15.6 Å². The lowest BCUT2D eigenvalue weighted by Crippen LogP contribution is -2.28. The molecule has 0 radical (unpaired) electrons. The molecule has 0 spiro atoms. The standard InChI is InChI=1S/C12H14N4O2S/c1-16(10-6-3-2-4-7-10)19(17,18)11-8-5-9-14-12(11)15-13/h2-9H,13H2,1H3,(H,14,15). The fourth-order valence-electron chi connectivity index (χ4n) is 1.63. The maximum absolute atomic E-state index is 12.5. The van der Waals surface area contributed by atoms with Gasteiger partial charge in [-0.3, -0.25) is 4.31 Å². The summed E-state index contributed by atoms with van der Waals surface area (Å²) < 4.78 is 26.2. The van der Waals surface area contributed by atoms with Crippen LogP contribution in [0.4, 0.5) is 11.5 Å². The van der Waals surface area contributed by atoms with E-state index in [1.807, 2.05) is 6.07 Å². The molecule has 0 aliphatic rings. The summed E-state index contributed by atoms with van der Waals surface area (Å²) >= 11 is 0. The summed E-state index contributed by atoms with van der Waals surface area (Å²) in [6.07, 6.45) is 1.47. The van der Waals surface area contributed by atoms with Crippen molar-refractivity contribution in [2.24, 2.45) is 5.84 Å². The smallest absolute Gasteiger partial charge is 0.267 e. The van der Waals surface area contributed by atoms with Crippen molar-refractivity contribution in [3.8, 4) is 0 Å². The van der Waals surface area contributed by atoms with Gasteiger partial charge in [0, 0.05) is 13.2 Å². The summed E-state index contributed by atoms with van der Waals surface area (Å²) in [5, 5.41) is 0. The highest BCUT2D eigenvalue weighted by Crippen LogP contribution is 2.25. The number of nitrogen functional groups attached to an aromatic ring is 1. The van der Waals surface area contributed by atoms with Crippen molar-refractivity contribution in [1.82, 2.24) is 4.98 Å². The summed E-state index contributed by atoms with van der Waals surface area (Å²) in [4.78, 5) is 3.93. The maximum Gasteiger partial charge on any atom is 0.267 e. The first kappa shape index (κ1) is 13.3. The zero-order valence-corrected chi connectivity index (χ0v) is 11.1. The van der Waals surface area contributed by atoms with Crippen LogP contribution in [0.1, 0.15) is 0 Å². The van der Waals surface area contributed by atoms with Crippen molar-refractivity contribution < 1.29 is 8.42 Å². The number of hydrogen-bond acceptors (Lipinski definition) is 5. The van der Waals surface area contributed by atoms with Gasteiger partial charge in [0.2, 0.25) is 0 Å². The van der Waals surface area contributed by atoms with Crippen LogP contribution in [0.3, 0.4) is 0 Å². The van der Waals surface area contributed by atoms with E-state index in [0.29, 0.717) is 5.69 Å². The number of nitrogens with one attached hydrogen (secondary N) is 1. The molecular weight excluding hydrogens is 264 g/mol. The molecule has 2 aromatic rings. The van der Waals surface area contributed by atoms with E-state index in [1.165, 1.54) is 23.6 Å². The lowest BCUT2D eigenvalue weighted by Gasteiger charge is -2.20. The van der Waals surface area contributed by atoms with Gasteiger partial charge in [-0.15, -0.1) is 0 Å². The normalized spacial score (nSPS) is 11.1. The van der Waals surface area contributed by atoms with E-state index >= 15 is 0 Å². The third-order valence-electron chi connectivity index (χ3n) is 2.67. The predicted octanol–water partition coefficient (Wildman–Crippen LogP) is 1.19. The minimum absolute atomic E-state index is 0.0313. The first-order valence-corrected chi connectivity index (χ1v) is 6.97. The van der Waals surface area contributed by atoms with Gasteiger partial charge in [0.25, 0.3) is 10.0 Å². The number of sulfonamides is 1. The molecule has 0 aliphatic carbocycles. The Balaban J connectivity index is 2.48. The topological polar surface area (TPSA) is 88.3 Å². The van der Waals surface area contributed by atoms with Crippen LogP contribution in [-0.4, -0.2) is 20.4 Å². The summed E-state index contributed by atoms with van der Waals surface area (Å²) in [5.41, 5.74) is 2.86. The number of anilines is 2. The summed E-state index contributed by atoms with van der Waals surface area (Å²) in [6.45, 7) is 0. The highest BCUT2D eigenvalue weighted by atomic mass is 32.2. The zero-order valence-electron chi connectivity index (χ0n) is 10.3. The molecule has 7 heteroatoms. The second-order valence-electron chi connectivity index (χ2n) is 3.80. The molecule has 19 heavy (non-hydrogen) atoms. The Morgan fingerprint density at radius 2 is 1.84 bits per heavy atom. The minimum Gasteiger partial charge on any atom is -0.307 e. The van der Waals surface area contributed by atoms with Crippen LogP contribution in [0.5, 0.6) is 0 Å². The average molecular weight is 278 g/mol. The van der Waals surface area contributed by atoms with Gasteiger partial charge < -0.3 is 5.43 Å². The van der Waals surface area contributed by atoms with Gasteiger partial charge in [-0.05, 0) is 24.3 Å². The number of benzene rings is 1. The average Bonchev–Trinajstić information content (AvgIpc) is 2.47. The van der Waals surface area contributed by atoms with Crippen molar-refractivity contribution in [2.75, 3.05) is 16.8 Å². The SMILES string of the molecule is CN(c1ccccc1)S(=O)(=O)c1cccnc1NN. The number of aromatic nitrogens is 1. The van der Waals surface area contributed by atoms with Crippen LogP contribution in [0, 0.1) is 0 Å². The van der Waals surface area contributed by atoms with E-state index in [1.54, 1.807) is 30.3 Å². The number of hydrogen-bond donors (Lipinski definition) is 2. The fraction of sp³-hybridized carbons (Fsp3) is 0.0833. The Hall–Kier alpha value is -2.12. The number of nitrogens with zero attached hydrogens (tertiary/aromatic N) is 2. The number of pyridine rings is 1. The molecule has 0 atom stereocenters. The minimum atomic E-state index is -3.71. The van der Waals surface area contributed by atoms with Crippen LogP contribution in [-0.2, 0) is 10.0 Å². The van der Waals surface area contributed by atoms with Gasteiger partial charge in [0.15, 0.2) is 5.82 Å². The Kier molecular flexibility index (Phi) is 3.68. The Morgan fingerprint density at radius 3 is 2.47 bits per heavy atom. The molecule has 0 saturated heterocycles. The number of rotatable bonds is 4. The quantitative estimate of drug-likeness (QED) is 0.648. The first-order chi connectivity index (χ1) is 9.07. The van der Waals surface area contributed by atoms with Crippen molar-refractivity contribution in [3.63, 3.8) is 0 Å². The molecule has 0 unspecified atom stereocenters. The van der Waals surface area contributed by atoms with Crippen LogP contribution in [0.25, 0.3) is 0 Å². The van der Waals surface area contributed by atoms with Crippen molar-refractivity contribution in [2.45, 2.75) is 4.90 Å². The molecule has 0 bridgehead atoms. The Morgan fingerprint density at radius 1 is 1.16 bits per heavy atom. The monoisotopic (exact) mass is 278 g/mol. The third-order valence-corrected chi connectivity index (χ3v) is 4.48. The predicted molar refractivity (Wildman–Crippen MR) is 74.1 cm³/mol. The van der Waals surface area contributed by atoms with E-state index < -0.39 is 10.0 Å². The van der Waals surface area contributed by atoms with Crippen molar-refractivity contribution in [3.05, 3.63) is 48.7 Å². The molecule has 0 fully saturated rings. The number of para-hydroxylation sites is 1. The lowest BCUT2D eigenvalue weighted by molar-refractivity contribution is 0.594. The van der Waals surface area contributed by atoms with Gasteiger partial charge in [0.1, 0.15) is 4.90 Å². The molecule has 1 aromatic carbocycles. The molecule has 1 aromatic heterocycles. The van der Waals surface area contributed by atoms with E-state index in [-0.39, 0.29) is 10.7 Å². The molecule has 0 aliphatic heterocycles. The third kappa shape index (κ3) is 2.51. The molecule has 0 saturated carbocycles. The van der Waals surface area contributed by atoms with Crippen LogP contribution in [0.15, 0.2) is 53.6 Å². The summed E-state index contributed by atoms with van der Waals surface area (Å²) in [7, 11) is -2.22. The van der Waals surface area contributed by atoms with Gasteiger partial charge >= 0.3 is 0 Å². The molecular formula is C12H14N4O2S. The number of nitrogens with two attached hydrogens (primary N) is 1.